The summed E-state index contributed by atoms with van der Waals surface area (Å²) < 4.78 is 5.32. The minimum Gasteiger partial charge on any atom is -0.482 e. The minimum atomic E-state index is -0.492. The first-order valence-electron chi connectivity index (χ1n) is 4.94. The van der Waals surface area contributed by atoms with Gasteiger partial charge in [0.1, 0.15) is 6.61 Å². The maximum absolute atomic E-state index is 10.8. The summed E-state index contributed by atoms with van der Waals surface area (Å²) in [5, 5.41) is 10.8. The van der Waals surface area contributed by atoms with Crippen molar-refractivity contribution in [2.45, 2.75) is 13.5 Å². The van der Waals surface area contributed by atoms with Gasteiger partial charge in [-0.15, -0.1) is 0 Å². The van der Waals surface area contributed by atoms with E-state index < -0.39 is 4.92 Å². The average Bonchev–Trinajstić information content (AvgIpc) is 2.35. The lowest BCUT2D eigenvalue weighted by atomic mass is 10.2. The van der Waals surface area contributed by atoms with Crippen LogP contribution in [0.5, 0.6) is 5.75 Å². The lowest BCUT2D eigenvalue weighted by molar-refractivity contribution is -0.385. The first kappa shape index (κ1) is 13.5. The van der Waals surface area contributed by atoms with Gasteiger partial charge in [0.15, 0.2) is 5.75 Å². The van der Waals surface area contributed by atoms with Gasteiger partial charge >= 0.3 is 5.69 Å². The van der Waals surface area contributed by atoms with Crippen molar-refractivity contribution in [3.8, 4) is 5.75 Å². The number of benzene rings is 1. The predicted octanol–water partition coefficient (Wildman–Crippen LogP) is 2.57. The van der Waals surface area contributed by atoms with Crippen molar-refractivity contribution in [2.24, 2.45) is 5.73 Å². The zero-order chi connectivity index (χ0) is 12.8. The third-order valence-electron chi connectivity index (χ3n) is 2.10. The largest absolute Gasteiger partial charge is 0.482 e. The second-order valence-electron chi connectivity index (χ2n) is 3.51. The molecule has 17 heavy (non-hydrogen) atoms. The highest BCUT2D eigenvalue weighted by Gasteiger charge is 2.15. The summed E-state index contributed by atoms with van der Waals surface area (Å²) in [5.74, 6) is 0.213. The van der Waals surface area contributed by atoms with Crippen LogP contribution in [0.3, 0.4) is 0 Å². The molecule has 1 rings (SSSR count). The molecule has 0 saturated heterocycles. The van der Waals surface area contributed by atoms with Gasteiger partial charge in [-0.1, -0.05) is 17.7 Å². The Kier molecular flexibility index (Phi) is 4.93. The maximum Gasteiger partial charge on any atom is 0.311 e. The van der Waals surface area contributed by atoms with Crippen LogP contribution in [0.4, 0.5) is 5.69 Å². The standard InChI is InChI=1S/C11H13ClN2O3/c1-8(5-12)7-17-11-3-2-9(6-13)4-10(11)14(15)16/h2-5H,6-7,13H2,1H3/b8-5-. The van der Waals surface area contributed by atoms with Crippen molar-refractivity contribution in [1.82, 2.24) is 0 Å². The van der Waals surface area contributed by atoms with Crippen LogP contribution in [-0.2, 0) is 6.54 Å². The normalized spacial score (nSPS) is 11.4. The molecule has 0 amide bonds. The highest BCUT2D eigenvalue weighted by atomic mass is 35.5. The highest BCUT2D eigenvalue weighted by molar-refractivity contribution is 6.25. The molecule has 0 fully saturated rings. The van der Waals surface area contributed by atoms with Crippen LogP contribution >= 0.6 is 11.6 Å². The molecular formula is C11H13ClN2O3. The van der Waals surface area contributed by atoms with Gasteiger partial charge in [0.25, 0.3) is 0 Å². The molecule has 0 heterocycles. The van der Waals surface area contributed by atoms with E-state index in [1.54, 1.807) is 19.1 Å². The number of rotatable bonds is 5. The SMILES string of the molecule is C/C(=C/Cl)COc1ccc(CN)cc1[N+](=O)[O-]. The summed E-state index contributed by atoms with van der Waals surface area (Å²) in [5.41, 5.74) is 8.18. The van der Waals surface area contributed by atoms with Gasteiger partial charge in [0, 0.05) is 18.1 Å². The Morgan fingerprint density at radius 3 is 2.88 bits per heavy atom. The number of nitro groups is 1. The Bertz CT molecular complexity index is 446. The fraction of sp³-hybridized carbons (Fsp3) is 0.273. The molecule has 0 unspecified atom stereocenters. The van der Waals surface area contributed by atoms with Gasteiger partial charge in [0.05, 0.1) is 4.92 Å². The van der Waals surface area contributed by atoms with E-state index in [-0.39, 0.29) is 24.6 Å². The lowest BCUT2D eigenvalue weighted by Gasteiger charge is -2.07. The first-order valence-corrected chi connectivity index (χ1v) is 5.38. The zero-order valence-electron chi connectivity index (χ0n) is 9.35. The van der Waals surface area contributed by atoms with Gasteiger partial charge in [-0.2, -0.15) is 0 Å². The van der Waals surface area contributed by atoms with E-state index >= 15 is 0 Å². The fourth-order valence-corrected chi connectivity index (χ4v) is 1.24. The van der Waals surface area contributed by atoms with Gasteiger partial charge in [0.2, 0.25) is 0 Å². The van der Waals surface area contributed by atoms with Crippen LogP contribution in [-0.4, -0.2) is 11.5 Å². The van der Waals surface area contributed by atoms with Crippen LogP contribution < -0.4 is 10.5 Å². The average molecular weight is 257 g/mol. The van der Waals surface area contributed by atoms with Crippen molar-refractivity contribution < 1.29 is 9.66 Å². The monoisotopic (exact) mass is 256 g/mol. The fourth-order valence-electron chi connectivity index (χ4n) is 1.18. The highest BCUT2D eigenvalue weighted by Crippen LogP contribution is 2.28. The molecule has 0 aliphatic rings. The molecule has 0 aliphatic carbocycles. The second-order valence-corrected chi connectivity index (χ2v) is 3.73. The predicted molar refractivity (Wildman–Crippen MR) is 66.1 cm³/mol. The molecule has 0 aromatic heterocycles. The number of hydrogen-bond acceptors (Lipinski definition) is 4. The Morgan fingerprint density at radius 1 is 1.65 bits per heavy atom. The third kappa shape index (κ3) is 3.72. The molecule has 5 nitrogen and oxygen atoms in total. The Morgan fingerprint density at radius 2 is 2.35 bits per heavy atom. The number of nitrogens with zero attached hydrogens (tertiary/aromatic N) is 1. The van der Waals surface area contributed by atoms with Gasteiger partial charge < -0.3 is 10.5 Å². The molecule has 0 radical (unpaired) electrons. The number of hydrogen-bond donors (Lipinski definition) is 1. The first-order chi connectivity index (χ1) is 8.08. The van der Waals surface area contributed by atoms with Crippen molar-refractivity contribution in [3.63, 3.8) is 0 Å². The van der Waals surface area contributed by atoms with Crippen LogP contribution in [0.15, 0.2) is 29.3 Å². The minimum absolute atomic E-state index is 0.0877. The second kappa shape index (κ2) is 6.22. The summed E-state index contributed by atoms with van der Waals surface area (Å²) >= 11 is 5.48. The zero-order valence-corrected chi connectivity index (χ0v) is 10.1. The molecule has 0 spiro atoms. The van der Waals surface area contributed by atoms with Gasteiger partial charge in [-0.25, -0.2) is 0 Å². The maximum atomic E-state index is 10.8. The molecule has 0 bridgehead atoms. The summed E-state index contributed by atoms with van der Waals surface area (Å²) in [6, 6.07) is 4.65. The Labute approximate surface area is 104 Å². The topological polar surface area (TPSA) is 78.4 Å². The van der Waals surface area contributed by atoms with Crippen molar-refractivity contribution in [2.75, 3.05) is 6.61 Å². The van der Waals surface area contributed by atoms with Crippen LogP contribution in [0.1, 0.15) is 12.5 Å². The summed E-state index contributed by atoms with van der Waals surface area (Å²) in [4.78, 5) is 10.4. The summed E-state index contributed by atoms with van der Waals surface area (Å²) in [6.45, 7) is 2.24. The van der Waals surface area contributed by atoms with E-state index in [0.717, 1.165) is 5.57 Å². The van der Waals surface area contributed by atoms with Crippen LogP contribution in [0, 0.1) is 10.1 Å². The molecule has 0 atom stereocenters. The van der Waals surface area contributed by atoms with Crippen LogP contribution in [0.25, 0.3) is 0 Å². The van der Waals surface area contributed by atoms with E-state index in [9.17, 15) is 10.1 Å². The van der Waals surface area contributed by atoms with E-state index in [4.69, 9.17) is 22.1 Å². The van der Waals surface area contributed by atoms with Crippen molar-refractivity contribution in [1.29, 1.82) is 0 Å². The van der Waals surface area contributed by atoms with E-state index in [1.165, 1.54) is 11.6 Å². The molecule has 2 N–H and O–H groups in total. The smallest absolute Gasteiger partial charge is 0.311 e. The molecule has 1 aromatic rings. The van der Waals surface area contributed by atoms with E-state index in [1.807, 2.05) is 0 Å². The molecule has 0 saturated carbocycles. The molecule has 1 aromatic carbocycles. The van der Waals surface area contributed by atoms with E-state index in [2.05, 4.69) is 0 Å². The number of halogens is 1. The van der Waals surface area contributed by atoms with E-state index in [0.29, 0.717) is 5.56 Å². The van der Waals surface area contributed by atoms with Crippen LogP contribution in [0.2, 0.25) is 0 Å². The number of nitrogens with two attached hydrogens (primary N) is 1. The van der Waals surface area contributed by atoms with Crippen molar-refractivity contribution in [3.05, 3.63) is 45.0 Å². The molecular weight excluding hydrogens is 244 g/mol. The lowest BCUT2D eigenvalue weighted by Crippen LogP contribution is -2.03. The van der Waals surface area contributed by atoms with Gasteiger partial charge in [-0.05, 0) is 24.1 Å². The summed E-state index contributed by atoms with van der Waals surface area (Å²) in [6.07, 6.45) is 0. The summed E-state index contributed by atoms with van der Waals surface area (Å²) in [7, 11) is 0. The number of ether oxygens (including phenoxy) is 1. The molecule has 0 aliphatic heterocycles. The van der Waals surface area contributed by atoms with Crippen molar-refractivity contribution >= 4 is 17.3 Å². The number of nitro benzene ring substituents is 1. The quantitative estimate of drug-likeness (QED) is 0.649. The van der Waals surface area contributed by atoms with Gasteiger partial charge in [-0.3, -0.25) is 10.1 Å². The Hall–Kier alpha value is -1.59. The third-order valence-corrected chi connectivity index (χ3v) is 2.47. The Balaban J connectivity index is 2.94. The molecule has 6 heteroatoms. The molecule has 92 valence electrons.